The van der Waals surface area contributed by atoms with Gasteiger partial charge in [-0.3, -0.25) is 9.59 Å². The number of anilines is 1. The second-order valence-electron chi connectivity index (χ2n) is 12.1. The van der Waals surface area contributed by atoms with E-state index < -0.39 is 12.1 Å². The molecule has 0 radical (unpaired) electrons. The highest BCUT2D eigenvalue weighted by molar-refractivity contribution is 5.96. The Morgan fingerprint density at radius 3 is 2.11 bits per heavy atom. The second-order valence-corrected chi connectivity index (χ2v) is 12.1. The van der Waals surface area contributed by atoms with E-state index in [1.165, 1.54) is 5.56 Å². The van der Waals surface area contributed by atoms with Crippen LogP contribution in [0.25, 0.3) is 0 Å². The minimum absolute atomic E-state index is 0.0232. The number of carbonyl (C=O) groups is 3. The van der Waals surface area contributed by atoms with Gasteiger partial charge in [0.15, 0.2) is 5.75 Å². The number of carboxylic acid groups (broad SMARTS) is 1. The number of aliphatic carboxylic acids is 1. The Morgan fingerprint density at radius 1 is 0.755 bits per heavy atom. The van der Waals surface area contributed by atoms with Crippen LogP contribution in [-0.4, -0.2) is 29.1 Å². The Balaban J connectivity index is 0.000000705. The molecule has 9 nitrogen and oxygen atoms in total. The van der Waals surface area contributed by atoms with Crippen molar-refractivity contribution >= 4 is 23.5 Å². The van der Waals surface area contributed by atoms with E-state index in [2.05, 4.69) is 17.4 Å². The van der Waals surface area contributed by atoms with Gasteiger partial charge in [0.2, 0.25) is 11.8 Å². The van der Waals surface area contributed by atoms with Crippen LogP contribution in [0.5, 0.6) is 23.0 Å². The van der Waals surface area contributed by atoms with Crippen LogP contribution < -0.4 is 25.4 Å². The van der Waals surface area contributed by atoms with E-state index in [1.54, 1.807) is 4.90 Å². The number of benzene rings is 5. The van der Waals surface area contributed by atoms with Gasteiger partial charge in [-0.25, -0.2) is 4.79 Å². The van der Waals surface area contributed by atoms with E-state index in [1.807, 2.05) is 115 Å². The summed E-state index contributed by atoms with van der Waals surface area (Å²) in [6.07, 6.45) is -3.15. The minimum Gasteiger partial charge on any atom is -0.475 e. The number of ether oxygens (including phenoxy) is 2. The minimum atomic E-state index is -5.08. The molecule has 0 fully saturated rings. The summed E-state index contributed by atoms with van der Waals surface area (Å²) in [5.74, 6) is -0.480. The number of carboxylic acids is 1. The Labute approximate surface area is 304 Å². The molecule has 0 saturated heterocycles. The van der Waals surface area contributed by atoms with Gasteiger partial charge in [0, 0.05) is 19.4 Å². The molecule has 274 valence electrons. The van der Waals surface area contributed by atoms with Gasteiger partial charge in [0.25, 0.3) is 0 Å². The molecule has 0 saturated carbocycles. The van der Waals surface area contributed by atoms with Crippen molar-refractivity contribution in [2.45, 2.75) is 51.0 Å². The molecule has 1 atom stereocenters. The molecule has 5 aromatic carbocycles. The number of nitrogens with zero attached hydrogens (tertiary/aromatic N) is 1. The maximum absolute atomic E-state index is 14.0. The fourth-order valence-electron chi connectivity index (χ4n) is 5.74. The predicted octanol–water partition coefficient (Wildman–Crippen LogP) is 8.48. The molecular formula is C41H38F3N3O6. The third-order valence-electron chi connectivity index (χ3n) is 8.34. The van der Waals surface area contributed by atoms with Crippen molar-refractivity contribution in [2.75, 3.05) is 4.90 Å². The number of hydrogen-bond acceptors (Lipinski definition) is 6. The Hall–Kier alpha value is -6.14. The summed E-state index contributed by atoms with van der Waals surface area (Å²) in [6.45, 7) is 0.674. The average molecular weight is 726 g/mol. The number of fused-ring (bicyclic) bond motifs is 1. The normalized spacial score (nSPS) is 13.2. The van der Waals surface area contributed by atoms with Crippen molar-refractivity contribution in [1.29, 1.82) is 0 Å². The average Bonchev–Trinajstić information content (AvgIpc) is 3.56. The van der Waals surface area contributed by atoms with Crippen molar-refractivity contribution < 1.29 is 42.1 Å². The summed E-state index contributed by atoms with van der Waals surface area (Å²) in [6, 6.07) is 40.4. The highest BCUT2D eigenvalue weighted by atomic mass is 19.4. The van der Waals surface area contributed by atoms with Crippen LogP contribution in [0.4, 0.5) is 18.9 Å². The van der Waals surface area contributed by atoms with Crippen LogP contribution in [0.3, 0.4) is 0 Å². The lowest BCUT2D eigenvalue weighted by Crippen LogP contribution is -2.33. The topological polar surface area (TPSA) is 131 Å². The van der Waals surface area contributed by atoms with Crippen molar-refractivity contribution in [3.63, 3.8) is 0 Å². The molecular weight excluding hydrogens is 687 g/mol. The van der Waals surface area contributed by atoms with E-state index in [0.717, 1.165) is 35.3 Å². The van der Waals surface area contributed by atoms with Crippen LogP contribution in [0.15, 0.2) is 127 Å². The van der Waals surface area contributed by atoms with Crippen LogP contribution in [0.1, 0.15) is 47.6 Å². The molecule has 6 rings (SSSR count). The zero-order valence-corrected chi connectivity index (χ0v) is 28.6. The summed E-state index contributed by atoms with van der Waals surface area (Å²) in [5, 5.41) is 10.3. The maximum Gasteiger partial charge on any atom is 0.490 e. The monoisotopic (exact) mass is 725 g/mol. The third kappa shape index (κ3) is 10.9. The molecule has 5 aromatic rings. The van der Waals surface area contributed by atoms with Gasteiger partial charge in [0.1, 0.15) is 17.2 Å². The highest BCUT2D eigenvalue weighted by Crippen LogP contribution is 2.35. The molecule has 0 aromatic heterocycles. The molecule has 53 heavy (non-hydrogen) atoms. The fraction of sp³-hybridized carbons (Fsp3) is 0.195. The lowest BCUT2D eigenvalue weighted by molar-refractivity contribution is -0.192. The number of halogens is 3. The summed E-state index contributed by atoms with van der Waals surface area (Å²) in [7, 11) is 0. The van der Waals surface area contributed by atoms with E-state index in [-0.39, 0.29) is 37.2 Å². The number of para-hydroxylation sites is 3. The molecule has 0 heterocycles. The summed E-state index contributed by atoms with van der Waals surface area (Å²) in [5.41, 5.74) is 10.7. The van der Waals surface area contributed by atoms with Crippen LogP contribution >= 0.6 is 0 Å². The molecule has 12 heteroatoms. The van der Waals surface area contributed by atoms with Gasteiger partial charge in [0.05, 0.1) is 18.3 Å². The quantitative estimate of drug-likeness (QED) is 0.118. The van der Waals surface area contributed by atoms with Crippen molar-refractivity contribution in [3.8, 4) is 23.0 Å². The first-order valence-corrected chi connectivity index (χ1v) is 16.9. The van der Waals surface area contributed by atoms with Crippen molar-refractivity contribution in [2.24, 2.45) is 5.73 Å². The largest absolute Gasteiger partial charge is 0.490 e. The zero-order chi connectivity index (χ0) is 37.8. The summed E-state index contributed by atoms with van der Waals surface area (Å²) >= 11 is 0. The number of amides is 2. The molecule has 0 spiro atoms. The number of carbonyl (C=O) groups excluding carboxylic acids is 2. The zero-order valence-electron chi connectivity index (χ0n) is 28.6. The van der Waals surface area contributed by atoms with Crippen molar-refractivity contribution in [3.05, 3.63) is 150 Å². The number of nitrogens with two attached hydrogens (primary N) is 1. The maximum atomic E-state index is 14.0. The lowest BCUT2D eigenvalue weighted by atomic mass is 10.1. The molecule has 1 aliphatic rings. The van der Waals surface area contributed by atoms with E-state index in [9.17, 15) is 22.8 Å². The predicted molar refractivity (Wildman–Crippen MR) is 194 cm³/mol. The number of hydrogen-bond donors (Lipinski definition) is 3. The smallest absolute Gasteiger partial charge is 0.475 e. The first-order chi connectivity index (χ1) is 25.5. The molecule has 4 N–H and O–H groups in total. The number of nitrogens with one attached hydrogen (secondary N) is 1. The van der Waals surface area contributed by atoms with E-state index in [4.69, 9.17) is 25.1 Å². The molecule has 1 unspecified atom stereocenters. The van der Waals surface area contributed by atoms with Crippen LogP contribution in [0.2, 0.25) is 0 Å². The van der Waals surface area contributed by atoms with Crippen molar-refractivity contribution in [1.82, 2.24) is 5.32 Å². The molecule has 0 bridgehead atoms. The van der Waals surface area contributed by atoms with E-state index >= 15 is 0 Å². The fourth-order valence-corrected chi connectivity index (χ4v) is 5.74. The van der Waals surface area contributed by atoms with Crippen LogP contribution in [-0.2, 0) is 33.9 Å². The first-order valence-electron chi connectivity index (χ1n) is 16.9. The van der Waals surface area contributed by atoms with Gasteiger partial charge in [-0.05, 0) is 83.6 Å². The lowest BCUT2D eigenvalue weighted by Gasteiger charge is -2.25. The number of alkyl halides is 3. The molecule has 1 aliphatic carbocycles. The Kier molecular flexibility index (Phi) is 12.8. The van der Waals surface area contributed by atoms with Gasteiger partial charge < -0.3 is 30.5 Å². The van der Waals surface area contributed by atoms with Gasteiger partial charge in [-0.2, -0.15) is 13.2 Å². The second kappa shape index (κ2) is 17.9. The number of rotatable bonds is 12. The van der Waals surface area contributed by atoms with Gasteiger partial charge in [-0.15, -0.1) is 0 Å². The Bertz CT molecular complexity index is 2000. The molecule has 2 amide bonds. The SMILES string of the molecule is NCc1cccc(Oc2ccccc2N(Cc2ccc(Oc3ccccc3)cc2)C(=O)CCC(=O)NC2CCc3ccccc32)c1.O=C(O)C(F)(F)F. The summed E-state index contributed by atoms with van der Waals surface area (Å²) in [4.78, 5) is 37.6. The third-order valence-corrected chi connectivity index (χ3v) is 8.34. The first kappa shape index (κ1) is 38.1. The highest BCUT2D eigenvalue weighted by Gasteiger charge is 2.38. The standard InChI is InChI=1S/C39H37N3O4.C2HF3O2/c40-26-29-9-8-13-33(25-29)46-37-16-7-6-15-36(37)42(27-28-17-20-32(21-18-28)45-31-11-2-1-3-12-31)39(44)24-23-38(43)41-35-22-19-30-10-4-5-14-34(30)35;3-2(4,5)1(6)7/h1-18,20-21,25,35H,19,22-24,26-27,40H2,(H,41,43);(H,6,7). The molecule has 0 aliphatic heterocycles. The Morgan fingerprint density at radius 2 is 1.40 bits per heavy atom. The van der Waals surface area contributed by atoms with Gasteiger partial charge in [-0.1, -0.05) is 78.9 Å². The van der Waals surface area contributed by atoms with Gasteiger partial charge >= 0.3 is 12.1 Å². The van der Waals surface area contributed by atoms with Crippen LogP contribution in [0, 0.1) is 0 Å². The summed E-state index contributed by atoms with van der Waals surface area (Å²) < 4.78 is 44.0. The van der Waals surface area contributed by atoms with E-state index in [0.29, 0.717) is 29.5 Å². The number of aryl methyl sites for hydroxylation is 1.